The minimum absolute atomic E-state index is 0.0569. The topological polar surface area (TPSA) is 130 Å². The Morgan fingerprint density at radius 2 is 1.29 bits per heavy atom. The molecule has 0 aliphatic heterocycles. The second-order valence-electron chi connectivity index (χ2n) is 7.65. The van der Waals surface area contributed by atoms with E-state index in [1.165, 1.54) is 0 Å². The van der Waals surface area contributed by atoms with Crippen molar-refractivity contribution in [2.75, 3.05) is 64.7 Å². The molecule has 0 saturated carbocycles. The maximum Gasteiger partial charge on any atom is 0.338 e. The number of carboxylic acid groups (broad SMARTS) is 1. The maximum atomic E-state index is 12.0. The lowest BCUT2D eigenvalue weighted by molar-refractivity contribution is -0.146. The fourth-order valence-electron chi connectivity index (χ4n) is 2.78. The zero-order chi connectivity index (χ0) is 25.6. The number of carbonyl (C=O) groups excluding carboxylic acids is 2. The monoisotopic (exact) mass is 497 g/mol. The van der Waals surface area contributed by atoms with Gasteiger partial charge in [-0.3, -0.25) is 9.59 Å². The molecular formula is C25H39NO9. The lowest BCUT2D eigenvalue weighted by atomic mass is 10.2. The van der Waals surface area contributed by atoms with Crippen LogP contribution in [0.5, 0.6) is 0 Å². The van der Waals surface area contributed by atoms with Crippen LogP contribution in [0.15, 0.2) is 24.3 Å². The average molecular weight is 498 g/mol. The number of ether oxygens (including phenoxy) is 5. The summed E-state index contributed by atoms with van der Waals surface area (Å²) in [5.41, 5.74) is 1.48. The number of aliphatic carboxylic acids is 1. The van der Waals surface area contributed by atoms with Gasteiger partial charge in [0, 0.05) is 25.1 Å². The first-order chi connectivity index (χ1) is 17.0. The van der Waals surface area contributed by atoms with Crippen molar-refractivity contribution in [3.8, 4) is 0 Å². The normalized spacial score (nSPS) is 10.7. The van der Waals surface area contributed by atoms with Crippen LogP contribution in [-0.2, 0) is 33.3 Å². The predicted octanol–water partition coefficient (Wildman–Crippen LogP) is 3.29. The van der Waals surface area contributed by atoms with E-state index in [1.807, 2.05) is 12.1 Å². The molecule has 0 bridgehead atoms. The average Bonchev–Trinajstić information content (AvgIpc) is 2.85. The molecule has 0 atom stereocenters. The number of esters is 2. The van der Waals surface area contributed by atoms with Gasteiger partial charge in [0.05, 0.1) is 45.2 Å². The molecule has 0 fully saturated rings. The van der Waals surface area contributed by atoms with Gasteiger partial charge < -0.3 is 34.1 Å². The molecule has 10 nitrogen and oxygen atoms in total. The quantitative estimate of drug-likeness (QED) is 0.182. The van der Waals surface area contributed by atoms with E-state index in [-0.39, 0.29) is 51.2 Å². The molecule has 198 valence electrons. The van der Waals surface area contributed by atoms with E-state index in [0.717, 1.165) is 25.1 Å². The molecule has 1 aromatic carbocycles. The van der Waals surface area contributed by atoms with Crippen molar-refractivity contribution in [3.63, 3.8) is 0 Å². The smallest absolute Gasteiger partial charge is 0.338 e. The number of benzene rings is 1. The molecule has 0 saturated heterocycles. The molecule has 1 aromatic rings. The lowest BCUT2D eigenvalue weighted by Crippen LogP contribution is -2.15. The van der Waals surface area contributed by atoms with Gasteiger partial charge in [-0.15, -0.1) is 0 Å². The van der Waals surface area contributed by atoms with Crippen molar-refractivity contribution in [2.45, 2.75) is 45.4 Å². The Balaban J connectivity index is 1.88. The number of carboxylic acids is 1. The molecule has 35 heavy (non-hydrogen) atoms. The first-order valence-corrected chi connectivity index (χ1v) is 12.1. The third-order valence-corrected chi connectivity index (χ3v) is 4.70. The second kappa shape index (κ2) is 20.7. The van der Waals surface area contributed by atoms with Crippen LogP contribution < -0.4 is 5.32 Å². The molecular weight excluding hydrogens is 458 g/mol. The standard InChI is InChI=1S/C25H39NO9/c1-2-3-12-26-22-10-8-21(9-11-22)25(30)35-20-18-33-16-14-31-13-15-32-17-19-34-24(29)7-5-4-6-23(27)28/h8-11,26H,2-7,12-20H2,1H3,(H,27,28). The third-order valence-electron chi connectivity index (χ3n) is 4.70. The van der Waals surface area contributed by atoms with Crippen molar-refractivity contribution in [3.05, 3.63) is 29.8 Å². The zero-order valence-electron chi connectivity index (χ0n) is 20.6. The Labute approximate surface area is 207 Å². The van der Waals surface area contributed by atoms with Crippen LogP contribution in [0.3, 0.4) is 0 Å². The Morgan fingerprint density at radius 3 is 1.86 bits per heavy atom. The number of nitrogens with one attached hydrogen (secondary N) is 1. The molecule has 0 radical (unpaired) electrons. The van der Waals surface area contributed by atoms with E-state index in [4.69, 9.17) is 28.8 Å². The second-order valence-corrected chi connectivity index (χ2v) is 7.65. The molecule has 0 amide bonds. The van der Waals surface area contributed by atoms with Gasteiger partial charge >= 0.3 is 17.9 Å². The number of hydrogen-bond donors (Lipinski definition) is 2. The summed E-state index contributed by atoms with van der Waals surface area (Å²) < 4.78 is 26.2. The van der Waals surface area contributed by atoms with E-state index in [9.17, 15) is 14.4 Å². The van der Waals surface area contributed by atoms with E-state index in [0.29, 0.717) is 44.8 Å². The molecule has 0 aliphatic rings. The number of hydrogen-bond acceptors (Lipinski definition) is 9. The number of unbranched alkanes of at least 4 members (excludes halogenated alkanes) is 2. The third kappa shape index (κ3) is 17.4. The fourth-order valence-corrected chi connectivity index (χ4v) is 2.78. The Kier molecular flexibility index (Phi) is 17.9. The lowest BCUT2D eigenvalue weighted by Gasteiger charge is -2.09. The van der Waals surface area contributed by atoms with Gasteiger partial charge in [0.1, 0.15) is 13.2 Å². The molecule has 0 unspecified atom stereocenters. The molecule has 0 aliphatic carbocycles. The van der Waals surface area contributed by atoms with Crippen molar-refractivity contribution in [1.82, 2.24) is 0 Å². The van der Waals surface area contributed by atoms with Gasteiger partial charge in [-0.2, -0.15) is 0 Å². The summed E-state index contributed by atoms with van der Waals surface area (Å²) in [6.45, 7) is 5.41. The number of anilines is 1. The highest BCUT2D eigenvalue weighted by Crippen LogP contribution is 2.11. The Hall–Kier alpha value is -2.69. The number of rotatable bonds is 22. The van der Waals surface area contributed by atoms with Crippen molar-refractivity contribution >= 4 is 23.6 Å². The first kappa shape index (κ1) is 30.3. The Morgan fingerprint density at radius 1 is 0.743 bits per heavy atom. The van der Waals surface area contributed by atoms with Crippen LogP contribution in [0.1, 0.15) is 55.8 Å². The summed E-state index contributed by atoms with van der Waals surface area (Å²) in [4.78, 5) is 33.8. The summed E-state index contributed by atoms with van der Waals surface area (Å²) in [6, 6.07) is 7.21. The highest BCUT2D eigenvalue weighted by molar-refractivity contribution is 5.89. The SMILES string of the molecule is CCCCNc1ccc(C(=O)OCCOCCOCCOCCOC(=O)CCCCC(=O)O)cc1. The van der Waals surface area contributed by atoms with Crippen molar-refractivity contribution < 1.29 is 43.2 Å². The summed E-state index contributed by atoms with van der Waals surface area (Å²) >= 11 is 0. The van der Waals surface area contributed by atoms with Gasteiger partial charge in [0.15, 0.2) is 0 Å². The van der Waals surface area contributed by atoms with Crippen LogP contribution >= 0.6 is 0 Å². The highest BCUT2D eigenvalue weighted by Gasteiger charge is 2.07. The molecule has 0 aromatic heterocycles. The maximum absolute atomic E-state index is 12.0. The van der Waals surface area contributed by atoms with E-state index < -0.39 is 5.97 Å². The van der Waals surface area contributed by atoms with E-state index in [2.05, 4.69) is 12.2 Å². The summed E-state index contributed by atoms with van der Waals surface area (Å²) in [7, 11) is 0. The van der Waals surface area contributed by atoms with Crippen LogP contribution in [0.25, 0.3) is 0 Å². The predicted molar refractivity (Wildman–Crippen MR) is 130 cm³/mol. The van der Waals surface area contributed by atoms with Crippen LogP contribution in [0.4, 0.5) is 5.69 Å². The van der Waals surface area contributed by atoms with Crippen LogP contribution in [0.2, 0.25) is 0 Å². The first-order valence-electron chi connectivity index (χ1n) is 12.1. The molecule has 0 heterocycles. The summed E-state index contributed by atoms with van der Waals surface area (Å²) in [6.07, 6.45) is 3.44. The molecule has 1 rings (SSSR count). The summed E-state index contributed by atoms with van der Waals surface area (Å²) in [5, 5.41) is 11.8. The van der Waals surface area contributed by atoms with Gasteiger partial charge in [-0.25, -0.2) is 4.79 Å². The van der Waals surface area contributed by atoms with Gasteiger partial charge in [0.25, 0.3) is 0 Å². The highest BCUT2D eigenvalue weighted by atomic mass is 16.6. The van der Waals surface area contributed by atoms with Crippen molar-refractivity contribution in [1.29, 1.82) is 0 Å². The summed E-state index contributed by atoms with van der Waals surface area (Å²) in [5.74, 6) is -1.61. The van der Waals surface area contributed by atoms with Crippen LogP contribution in [-0.4, -0.2) is 82.4 Å². The van der Waals surface area contributed by atoms with E-state index >= 15 is 0 Å². The van der Waals surface area contributed by atoms with Crippen LogP contribution in [0, 0.1) is 0 Å². The molecule has 2 N–H and O–H groups in total. The fraction of sp³-hybridized carbons (Fsp3) is 0.640. The van der Waals surface area contributed by atoms with Crippen molar-refractivity contribution in [2.24, 2.45) is 0 Å². The van der Waals surface area contributed by atoms with Gasteiger partial charge in [-0.05, 0) is 43.5 Å². The van der Waals surface area contributed by atoms with Gasteiger partial charge in [-0.1, -0.05) is 13.3 Å². The molecule has 0 spiro atoms. The number of carbonyl (C=O) groups is 3. The minimum atomic E-state index is -0.866. The minimum Gasteiger partial charge on any atom is -0.481 e. The zero-order valence-corrected chi connectivity index (χ0v) is 20.6. The van der Waals surface area contributed by atoms with E-state index in [1.54, 1.807) is 12.1 Å². The Bertz CT molecular complexity index is 709. The largest absolute Gasteiger partial charge is 0.481 e. The molecule has 10 heteroatoms. The van der Waals surface area contributed by atoms with Gasteiger partial charge in [0.2, 0.25) is 0 Å².